The third-order valence-corrected chi connectivity index (χ3v) is 5.95. The van der Waals surface area contributed by atoms with Crippen molar-refractivity contribution >= 4 is 5.91 Å². The smallest absolute Gasteiger partial charge is 0.242 e. The van der Waals surface area contributed by atoms with E-state index in [1.165, 1.54) is 31.2 Å². The summed E-state index contributed by atoms with van der Waals surface area (Å²) in [5.74, 6) is 3.34. The minimum atomic E-state index is 0.0444. The molecule has 0 spiro atoms. The lowest BCUT2D eigenvalue weighted by molar-refractivity contribution is -0.125. The fraction of sp³-hybridized carbons (Fsp3) is 0.550. The number of carbonyl (C=O) groups is 1. The third kappa shape index (κ3) is 3.08. The van der Waals surface area contributed by atoms with E-state index in [9.17, 15) is 4.79 Å². The number of nitrogens with zero attached hydrogens (tertiary/aromatic N) is 3. The number of benzene rings is 1. The van der Waals surface area contributed by atoms with Crippen molar-refractivity contribution < 1.29 is 4.79 Å². The van der Waals surface area contributed by atoms with Gasteiger partial charge in [-0.15, -0.1) is 0 Å². The van der Waals surface area contributed by atoms with Crippen molar-refractivity contribution in [2.24, 2.45) is 11.8 Å². The molecule has 4 rings (SSSR count). The fourth-order valence-corrected chi connectivity index (χ4v) is 4.87. The van der Waals surface area contributed by atoms with Crippen LogP contribution < -0.4 is 5.32 Å². The van der Waals surface area contributed by atoms with Gasteiger partial charge in [-0.3, -0.25) is 4.79 Å². The number of amides is 1. The van der Waals surface area contributed by atoms with Gasteiger partial charge < -0.3 is 5.32 Å². The molecule has 2 fully saturated rings. The molecule has 1 N–H and O–H groups in total. The molecule has 1 heterocycles. The van der Waals surface area contributed by atoms with E-state index in [2.05, 4.69) is 45.7 Å². The summed E-state index contributed by atoms with van der Waals surface area (Å²) in [6.45, 7) is 3.99. The van der Waals surface area contributed by atoms with Crippen molar-refractivity contribution in [3.8, 4) is 0 Å². The number of hydrogen-bond donors (Lipinski definition) is 1. The van der Waals surface area contributed by atoms with Gasteiger partial charge in [0.2, 0.25) is 5.91 Å². The van der Waals surface area contributed by atoms with Crippen molar-refractivity contribution in [2.75, 3.05) is 0 Å². The minimum absolute atomic E-state index is 0.0444. The quantitative estimate of drug-likeness (QED) is 0.932. The number of nitrogens with one attached hydrogen (secondary N) is 1. The van der Waals surface area contributed by atoms with Gasteiger partial charge in [0, 0.05) is 12.0 Å². The van der Waals surface area contributed by atoms with Gasteiger partial charge in [0.1, 0.15) is 18.2 Å². The summed E-state index contributed by atoms with van der Waals surface area (Å²) in [6, 6.07) is 10.9. The molecule has 4 atom stereocenters. The summed E-state index contributed by atoms with van der Waals surface area (Å²) in [4.78, 5) is 16.9. The first-order valence-electron chi connectivity index (χ1n) is 9.36. The lowest BCUT2D eigenvalue weighted by atomic mass is 9.53. The second-order valence-corrected chi connectivity index (χ2v) is 7.51. The lowest BCUT2D eigenvalue weighted by Crippen LogP contribution is -2.59. The van der Waals surface area contributed by atoms with E-state index in [-0.39, 0.29) is 18.5 Å². The van der Waals surface area contributed by atoms with Crippen LogP contribution in [0.25, 0.3) is 0 Å². The Hall–Kier alpha value is -2.17. The van der Waals surface area contributed by atoms with E-state index < -0.39 is 0 Å². The van der Waals surface area contributed by atoms with E-state index in [0.717, 1.165) is 11.7 Å². The molecule has 0 saturated heterocycles. The van der Waals surface area contributed by atoms with Crippen molar-refractivity contribution in [1.82, 2.24) is 20.1 Å². The number of aromatic nitrogens is 3. The molecular formula is C20H26N4O. The van der Waals surface area contributed by atoms with Gasteiger partial charge in [-0.25, -0.2) is 9.67 Å². The van der Waals surface area contributed by atoms with Crippen LogP contribution in [0.2, 0.25) is 0 Å². The molecule has 132 valence electrons. The predicted octanol–water partition coefficient (Wildman–Crippen LogP) is 2.98. The molecule has 2 aromatic rings. The molecule has 5 nitrogen and oxygen atoms in total. The SMILES string of the molecule is Cc1nc(C)n(CC(=O)N[C@H]2[C@@H]3CCCC[C@@H]3[C@@H]2c2ccccc2)n1. The van der Waals surface area contributed by atoms with Crippen LogP contribution in [0.15, 0.2) is 30.3 Å². The zero-order chi connectivity index (χ0) is 17.4. The summed E-state index contributed by atoms with van der Waals surface area (Å²) in [5.41, 5.74) is 1.36. The Kier molecular flexibility index (Phi) is 4.32. The summed E-state index contributed by atoms with van der Waals surface area (Å²) >= 11 is 0. The first-order valence-corrected chi connectivity index (χ1v) is 9.36. The Morgan fingerprint density at radius 1 is 1.16 bits per heavy atom. The van der Waals surface area contributed by atoms with Crippen molar-refractivity contribution in [3.05, 3.63) is 47.5 Å². The molecule has 0 aliphatic heterocycles. The first-order chi connectivity index (χ1) is 12.1. The van der Waals surface area contributed by atoms with E-state index in [0.29, 0.717) is 17.7 Å². The van der Waals surface area contributed by atoms with Crippen LogP contribution in [-0.4, -0.2) is 26.7 Å². The van der Waals surface area contributed by atoms with E-state index in [1.54, 1.807) is 4.68 Å². The second-order valence-electron chi connectivity index (χ2n) is 7.51. The van der Waals surface area contributed by atoms with Crippen molar-refractivity contribution in [3.63, 3.8) is 0 Å². The summed E-state index contributed by atoms with van der Waals surface area (Å²) in [7, 11) is 0. The van der Waals surface area contributed by atoms with Gasteiger partial charge in [0.25, 0.3) is 0 Å². The maximum atomic E-state index is 12.6. The molecule has 2 aliphatic carbocycles. The number of rotatable bonds is 4. The number of hydrogen-bond acceptors (Lipinski definition) is 3. The normalized spacial score (nSPS) is 28.1. The van der Waals surface area contributed by atoms with E-state index in [1.807, 2.05) is 13.8 Å². The number of carbonyl (C=O) groups excluding carboxylic acids is 1. The highest BCUT2D eigenvalue weighted by molar-refractivity contribution is 5.76. The molecule has 25 heavy (non-hydrogen) atoms. The summed E-state index contributed by atoms with van der Waals surface area (Å²) in [6.07, 6.45) is 5.14. The van der Waals surface area contributed by atoms with E-state index >= 15 is 0 Å². The van der Waals surface area contributed by atoms with Crippen LogP contribution in [0, 0.1) is 25.7 Å². The van der Waals surface area contributed by atoms with Gasteiger partial charge in [-0.05, 0) is 44.1 Å². The molecule has 2 saturated carbocycles. The molecule has 5 heteroatoms. The van der Waals surface area contributed by atoms with Gasteiger partial charge in [-0.2, -0.15) is 5.10 Å². The lowest BCUT2D eigenvalue weighted by Gasteiger charge is -2.55. The zero-order valence-corrected chi connectivity index (χ0v) is 15.0. The average molecular weight is 338 g/mol. The van der Waals surface area contributed by atoms with Gasteiger partial charge in [-0.1, -0.05) is 43.2 Å². The van der Waals surface area contributed by atoms with Gasteiger partial charge in [0.15, 0.2) is 0 Å². The Labute approximate surface area is 148 Å². The molecule has 1 amide bonds. The Morgan fingerprint density at radius 3 is 2.56 bits per heavy atom. The zero-order valence-electron chi connectivity index (χ0n) is 15.0. The Bertz CT molecular complexity index is 754. The maximum Gasteiger partial charge on any atom is 0.242 e. The van der Waals surface area contributed by atoms with Crippen LogP contribution in [0.3, 0.4) is 0 Å². The Morgan fingerprint density at radius 2 is 1.88 bits per heavy atom. The predicted molar refractivity (Wildman–Crippen MR) is 96.1 cm³/mol. The monoisotopic (exact) mass is 338 g/mol. The standard InChI is InChI=1S/C20H26N4O/c1-13-21-14(2)24(23-13)12-18(25)22-20-17-11-7-6-10-16(17)19(20)15-8-4-3-5-9-15/h3-5,8-9,16-17,19-20H,6-7,10-12H2,1-2H3,(H,22,25)/t16-,17+,19-,20-/m0/s1. The van der Waals surface area contributed by atoms with Gasteiger partial charge in [0.05, 0.1) is 0 Å². The molecular weight excluding hydrogens is 312 g/mol. The molecule has 1 aromatic heterocycles. The third-order valence-electron chi connectivity index (χ3n) is 5.95. The van der Waals surface area contributed by atoms with Crippen LogP contribution in [-0.2, 0) is 11.3 Å². The molecule has 0 bridgehead atoms. The fourth-order valence-electron chi connectivity index (χ4n) is 4.87. The highest BCUT2D eigenvalue weighted by Crippen LogP contribution is 2.54. The van der Waals surface area contributed by atoms with Gasteiger partial charge >= 0.3 is 0 Å². The first kappa shape index (κ1) is 16.3. The summed E-state index contributed by atoms with van der Waals surface area (Å²) in [5, 5.41) is 7.63. The second kappa shape index (κ2) is 6.62. The molecule has 2 aliphatic rings. The van der Waals surface area contributed by atoms with Crippen LogP contribution in [0.5, 0.6) is 0 Å². The van der Waals surface area contributed by atoms with E-state index in [4.69, 9.17) is 0 Å². The van der Waals surface area contributed by atoms with Crippen molar-refractivity contribution in [1.29, 1.82) is 0 Å². The number of aryl methyl sites for hydroxylation is 2. The Balaban J connectivity index is 1.49. The van der Waals surface area contributed by atoms with Crippen LogP contribution >= 0.6 is 0 Å². The maximum absolute atomic E-state index is 12.6. The highest BCUT2D eigenvalue weighted by Gasteiger charge is 2.51. The minimum Gasteiger partial charge on any atom is -0.351 e. The topological polar surface area (TPSA) is 59.8 Å². The molecule has 0 radical (unpaired) electrons. The van der Waals surface area contributed by atoms with Crippen LogP contribution in [0.4, 0.5) is 0 Å². The average Bonchev–Trinajstić information content (AvgIpc) is 2.91. The number of fused-ring (bicyclic) bond motifs is 1. The highest BCUT2D eigenvalue weighted by atomic mass is 16.2. The molecule has 0 unspecified atom stereocenters. The largest absolute Gasteiger partial charge is 0.351 e. The summed E-state index contributed by atoms with van der Waals surface area (Å²) < 4.78 is 1.69. The van der Waals surface area contributed by atoms with Crippen LogP contribution in [0.1, 0.15) is 48.8 Å². The van der Waals surface area contributed by atoms with Crippen molar-refractivity contribution in [2.45, 2.75) is 58.0 Å². The molecule has 1 aromatic carbocycles.